The maximum absolute atomic E-state index is 14.1. The van der Waals surface area contributed by atoms with E-state index in [2.05, 4.69) is 43.9 Å². The van der Waals surface area contributed by atoms with Crippen molar-refractivity contribution in [3.63, 3.8) is 0 Å². The van der Waals surface area contributed by atoms with Gasteiger partial charge in [-0.3, -0.25) is 4.79 Å². The molecule has 1 fully saturated rings. The number of hydrogen-bond acceptors (Lipinski definition) is 5. The zero-order valence-corrected chi connectivity index (χ0v) is 25.1. The molecule has 10 heteroatoms. The number of nitrogens with one attached hydrogen (secondary N) is 3. The number of benzene rings is 1. The van der Waals surface area contributed by atoms with Gasteiger partial charge in [0.2, 0.25) is 5.91 Å². The molecule has 1 aromatic carbocycles. The summed E-state index contributed by atoms with van der Waals surface area (Å²) in [6.07, 6.45) is -0.444. The molecule has 0 radical (unpaired) electrons. The summed E-state index contributed by atoms with van der Waals surface area (Å²) >= 11 is 0. The van der Waals surface area contributed by atoms with Crippen LogP contribution in [0, 0.1) is 12.3 Å². The molecular weight excluding hydrogens is 517 g/mol. The average molecular weight is 565 g/mol. The second kappa shape index (κ2) is 15.1. The summed E-state index contributed by atoms with van der Waals surface area (Å²) in [7, 11) is 2.12. The van der Waals surface area contributed by atoms with Crippen LogP contribution in [0.2, 0.25) is 0 Å². The topological polar surface area (TPSA) is 72.0 Å². The molecule has 7 nitrogen and oxygen atoms in total. The van der Waals surface area contributed by atoms with Crippen LogP contribution in [0.15, 0.2) is 46.7 Å². The molecule has 0 unspecified atom stereocenters. The summed E-state index contributed by atoms with van der Waals surface area (Å²) in [5, 5.41) is 8.89. The summed E-state index contributed by atoms with van der Waals surface area (Å²) in [5.41, 5.74) is 1.59. The minimum atomic E-state index is -4.59. The van der Waals surface area contributed by atoms with Crippen molar-refractivity contribution in [1.29, 1.82) is 0 Å². The molecule has 1 saturated heterocycles. The number of unbranched alkanes of at least 4 members (excludes halogenated alkanes) is 1. The number of likely N-dealkylation sites (N-methyl/N-ethyl adjacent to an activating group) is 1. The zero-order valence-electron chi connectivity index (χ0n) is 25.1. The molecule has 1 amide bonds. The summed E-state index contributed by atoms with van der Waals surface area (Å²) in [5.74, 6) is 0.267. The molecule has 3 N–H and O–H groups in total. The van der Waals surface area contributed by atoms with Gasteiger partial charge in [-0.15, -0.1) is 0 Å². The van der Waals surface area contributed by atoms with E-state index in [1.54, 1.807) is 13.0 Å². The number of carbonyl (C=O) groups is 1. The Morgan fingerprint density at radius 1 is 1.07 bits per heavy atom. The van der Waals surface area contributed by atoms with Crippen molar-refractivity contribution in [2.45, 2.75) is 67.0 Å². The minimum Gasteiger partial charge on any atom is -0.385 e. The van der Waals surface area contributed by atoms with Crippen molar-refractivity contribution in [3.05, 3.63) is 47.3 Å². The van der Waals surface area contributed by atoms with Gasteiger partial charge in [0, 0.05) is 68.0 Å². The predicted octanol–water partition coefficient (Wildman–Crippen LogP) is 5.85. The van der Waals surface area contributed by atoms with E-state index in [1.807, 2.05) is 46.8 Å². The number of alkyl halides is 3. The molecule has 1 heterocycles. The normalized spacial score (nSPS) is 16.2. The van der Waals surface area contributed by atoms with Gasteiger partial charge in [-0.1, -0.05) is 40.2 Å². The largest absolute Gasteiger partial charge is 0.419 e. The number of carbonyl (C=O) groups excluding carboxylic acids is 1. The van der Waals surface area contributed by atoms with E-state index in [0.29, 0.717) is 31.6 Å². The Morgan fingerprint density at radius 2 is 1.73 bits per heavy atom. The highest BCUT2D eigenvalue weighted by molar-refractivity contribution is 5.94. The molecule has 1 aliphatic rings. The van der Waals surface area contributed by atoms with Crippen LogP contribution in [0.5, 0.6) is 0 Å². The molecule has 0 saturated carbocycles. The maximum atomic E-state index is 14.1. The van der Waals surface area contributed by atoms with E-state index in [9.17, 15) is 18.0 Å². The van der Waals surface area contributed by atoms with Crippen molar-refractivity contribution in [3.8, 4) is 0 Å². The molecule has 0 spiro atoms. The van der Waals surface area contributed by atoms with Gasteiger partial charge < -0.3 is 25.8 Å². The van der Waals surface area contributed by atoms with Gasteiger partial charge in [-0.25, -0.2) is 4.99 Å². The van der Waals surface area contributed by atoms with Gasteiger partial charge in [-0.2, -0.15) is 13.2 Å². The third kappa shape index (κ3) is 10.9. The van der Waals surface area contributed by atoms with Gasteiger partial charge in [0.05, 0.1) is 5.57 Å². The highest BCUT2D eigenvalue weighted by Crippen LogP contribution is 2.31. The number of amidine groups is 1. The number of amides is 1. The molecule has 224 valence electrons. The Labute approximate surface area is 238 Å². The first-order chi connectivity index (χ1) is 18.7. The quantitative estimate of drug-likeness (QED) is 0.136. The standard InChI is InChI=1S/C30H47F3N6O/c1-8-9-11-27(34-14-10-15-35-28(40)29(4,5)6)25(30(31,32)33)21-36-23(3)37-26-13-12-24(20-22(26)2)39-18-16-38(7)17-19-39/h11-13,20-21,34H,8-10,14-19H2,1-7H3,(H,35,40)(H,36,37)/b25-21+,27-11-. The summed E-state index contributed by atoms with van der Waals surface area (Å²) in [6.45, 7) is 15.6. The molecule has 0 bridgehead atoms. The van der Waals surface area contributed by atoms with E-state index in [-0.39, 0.29) is 18.1 Å². The summed E-state index contributed by atoms with van der Waals surface area (Å²) in [4.78, 5) is 20.8. The van der Waals surface area contributed by atoms with Crippen LogP contribution in [0.3, 0.4) is 0 Å². The third-order valence-electron chi connectivity index (χ3n) is 6.65. The van der Waals surface area contributed by atoms with Crippen molar-refractivity contribution >= 4 is 23.1 Å². The fourth-order valence-corrected chi connectivity index (χ4v) is 4.08. The Bertz CT molecular complexity index is 1060. The fraction of sp³-hybridized carbons (Fsp3) is 0.600. The number of aryl methyl sites for hydroxylation is 1. The lowest BCUT2D eigenvalue weighted by molar-refractivity contribution is -0.128. The Kier molecular flexibility index (Phi) is 12.5. The monoisotopic (exact) mass is 564 g/mol. The summed E-state index contributed by atoms with van der Waals surface area (Å²) < 4.78 is 42.3. The van der Waals surface area contributed by atoms with Crippen LogP contribution < -0.4 is 20.9 Å². The van der Waals surface area contributed by atoms with E-state index < -0.39 is 17.2 Å². The average Bonchev–Trinajstić information content (AvgIpc) is 2.86. The van der Waals surface area contributed by atoms with E-state index in [0.717, 1.165) is 49.3 Å². The first kappa shape index (κ1) is 33.2. The predicted molar refractivity (Wildman–Crippen MR) is 160 cm³/mol. The molecule has 0 aliphatic carbocycles. The number of allylic oxidation sites excluding steroid dienone is 2. The smallest absolute Gasteiger partial charge is 0.385 e. The highest BCUT2D eigenvalue weighted by atomic mass is 19.4. The lowest BCUT2D eigenvalue weighted by Crippen LogP contribution is -2.44. The zero-order chi connectivity index (χ0) is 29.9. The molecule has 40 heavy (non-hydrogen) atoms. The molecule has 1 aliphatic heterocycles. The number of anilines is 2. The molecule has 0 atom stereocenters. The first-order valence-corrected chi connectivity index (χ1v) is 14.1. The minimum absolute atomic E-state index is 0.000702. The number of hydrogen-bond donors (Lipinski definition) is 3. The van der Waals surface area contributed by atoms with Crippen LogP contribution in [0.1, 0.15) is 59.4 Å². The van der Waals surface area contributed by atoms with Crippen molar-refractivity contribution < 1.29 is 18.0 Å². The van der Waals surface area contributed by atoms with Gasteiger partial charge in [0.1, 0.15) is 5.84 Å². The number of rotatable bonds is 11. The first-order valence-electron chi connectivity index (χ1n) is 14.1. The van der Waals surface area contributed by atoms with Crippen LogP contribution in [0.25, 0.3) is 0 Å². The molecule has 1 aromatic rings. The number of aliphatic imine (C=N–C) groups is 1. The van der Waals surface area contributed by atoms with E-state index in [4.69, 9.17) is 0 Å². The third-order valence-corrected chi connectivity index (χ3v) is 6.65. The maximum Gasteiger partial charge on any atom is 0.419 e. The van der Waals surface area contributed by atoms with Gasteiger partial charge in [0.15, 0.2) is 0 Å². The van der Waals surface area contributed by atoms with Gasteiger partial charge in [-0.05, 0) is 57.5 Å². The lowest BCUT2D eigenvalue weighted by atomic mass is 9.96. The Hall–Kier alpha value is -3.01. The van der Waals surface area contributed by atoms with Crippen LogP contribution in [-0.2, 0) is 4.79 Å². The van der Waals surface area contributed by atoms with Crippen LogP contribution in [0.4, 0.5) is 24.5 Å². The number of halogens is 3. The van der Waals surface area contributed by atoms with Crippen molar-refractivity contribution in [2.24, 2.45) is 10.4 Å². The van der Waals surface area contributed by atoms with Gasteiger partial charge >= 0.3 is 6.18 Å². The van der Waals surface area contributed by atoms with E-state index in [1.165, 1.54) is 0 Å². The fourth-order valence-electron chi connectivity index (χ4n) is 4.08. The second-order valence-corrected chi connectivity index (χ2v) is 11.4. The molecule has 2 rings (SSSR count). The second-order valence-electron chi connectivity index (χ2n) is 11.4. The number of nitrogens with zero attached hydrogens (tertiary/aromatic N) is 3. The van der Waals surface area contributed by atoms with Gasteiger partial charge in [0.25, 0.3) is 0 Å². The van der Waals surface area contributed by atoms with Crippen molar-refractivity contribution in [2.75, 3.05) is 56.5 Å². The van der Waals surface area contributed by atoms with Crippen LogP contribution >= 0.6 is 0 Å². The van der Waals surface area contributed by atoms with Crippen molar-refractivity contribution in [1.82, 2.24) is 15.5 Å². The van der Waals surface area contributed by atoms with E-state index >= 15 is 0 Å². The Balaban J connectivity index is 2.11. The molecule has 0 aromatic heterocycles. The highest BCUT2D eigenvalue weighted by Gasteiger charge is 2.36. The number of piperazine rings is 1. The SMILES string of the molecule is CCC/C=C(NCCCNC(=O)C(C)(C)C)/C(=C\N=C(C)Nc1ccc(N2CCN(C)CC2)cc1C)C(F)(F)F. The Morgan fingerprint density at radius 3 is 2.30 bits per heavy atom. The van der Waals surface area contributed by atoms with Crippen LogP contribution in [-0.4, -0.2) is 69.1 Å². The lowest BCUT2D eigenvalue weighted by Gasteiger charge is -2.34. The summed E-state index contributed by atoms with van der Waals surface area (Å²) in [6, 6.07) is 6.07. The molecular formula is C30H47F3N6O.